The number of carbonyl (C=O) groups excluding carboxylic acids is 1. The zero-order valence-electron chi connectivity index (χ0n) is 12.4. The van der Waals surface area contributed by atoms with E-state index in [9.17, 15) is 15.0 Å². The molecule has 0 aliphatic heterocycles. The largest absolute Gasteiger partial charge is 0.393 e. The van der Waals surface area contributed by atoms with Gasteiger partial charge in [-0.05, 0) is 45.3 Å². The Kier molecular flexibility index (Phi) is 3.08. The fourth-order valence-corrected chi connectivity index (χ4v) is 3.55. The minimum absolute atomic E-state index is 0.179. The Morgan fingerprint density at radius 2 is 1.61 bits per heavy atom. The quantitative estimate of drug-likeness (QED) is 0.716. The number of hydrogen-bond acceptors (Lipinski definition) is 3. The zero-order valence-corrected chi connectivity index (χ0v) is 12.4. The van der Waals surface area contributed by atoms with E-state index in [1.54, 1.807) is 0 Å². The second kappa shape index (κ2) is 5.01. The van der Waals surface area contributed by atoms with E-state index in [0.29, 0.717) is 0 Å². The van der Waals surface area contributed by atoms with E-state index in [4.69, 9.17) is 0 Å². The molecule has 0 spiro atoms. The molecule has 114 valence electrons. The van der Waals surface area contributed by atoms with Gasteiger partial charge >= 0.3 is 0 Å². The van der Waals surface area contributed by atoms with Crippen LogP contribution in [-0.4, -0.2) is 28.2 Å². The molecule has 0 bridgehead atoms. The summed E-state index contributed by atoms with van der Waals surface area (Å²) >= 11 is 0. The maximum Gasteiger partial charge on any atom is 0.166 e. The highest BCUT2D eigenvalue weighted by Gasteiger charge is 2.44. The van der Waals surface area contributed by atoms with Crippen LogP contribution in [0.25, 0.3) is 21.5 Å². The fraction of sp³-hybridized carbons (Fsp3) is 0.150. The summed E-state index contributed by atoms with van der Waals surface area (Å²) in [5.74, 6) is -0.955. The van der Waals surface area contributed by atoms with Crippen LogP contribution < -0.4 is 0 Å². The highest BCUT2D eigenvalue weighted by atomic mass is 16.3. The van der Waals surface area contributed by atoms with Gasteiger partial charge in [0.15, 0.2) is 5.78 Å². The third-order valence-corrected chi connectivity index (χ3v) is 4.68. The van der Waals surface area contributed by atoms with Crippen LogP contribution >= 0.6 is 0 Å². The molecule has 1 unspecified atom stereocenters. The molecule has 2 atom stereocenters. The molecule has 3 nitrogen and oxygen atoms in total. The summed E-state index contributed by atoms with van der Waals surface area (Å²) in [6, 6.07) is 17.8. The molecule has 0 aromatic heterocycles. The maximum atomic E-state index is 12.4. The van der Waals surface area contributed by atoms with Crippen molar-refractivity contribution in [2.45, 2.75) is 11.5 Å². The van der Waals surface area contributed by atoms with Crippen LogP contribution in [0.3, 0.4) is 0 Å². The Morgan fingerprint density at radius 1 is 0.957 bits per heavy atom. The summed E-state index contributed by atoms with van der Waals surface area (Å²) < 4.78 is 0. The molecule has 4 rings (SSSR count). The molecule has 0 saturated carbocycles. The lowest BCUT2D eigenvalue weighted by atomic mass is 9.81. The van der Waals surface area contributed by atoms with E-state index in [2.05, 4.69) is 6.07 Å². The van der Waals surface area contributed by atoms with Crippen LogP contribution in [0.5, 0.6) is 0 Å². The summed E-state index contributed by atoms with van der Waals surface area (Å²) in [4.78, 5) is 12.4. The third kappa shape index (κ3) is 2.01. The van der Waals surface area contributed by atoms with Crippen molar-refractivity contribution < 1.29 is 15.0 Å². The fourth-order valence-electron chi connectivity index (χ4n) is 3.55. The Balaban J connectivity index is 2.08. The predicted octanol–water partition coefficient (Wildman–Crippen LogP) is 2.94. The number of benzene rings is 3. The number of ketones is 1. The van der Waals surface area contributed by atoms with Crippen LogP contribution in [0, 0.1) is 0 Å². The Bertz CT molecular complexity index is 957. The molecular formula is C20H16O3. The number of allylic oxidation sites excluding steroid dienone is 1. The molecule has 23 heavy (non-hydrogen) atoms. The van der Waals surface area contributed by atoms with Crippen molar-refractivity contribution in [3.63, 3.8) is 0 Å². The van der Waals surface area contributed by atoms with Gasteiger partial charge in [0.2, 0.25) is 0 Å². The topological polar surface area (TPSA) is 57.5 Å². The van der Waals surface area contributed by atoms with Gasteiger partial charge in [0.25, 0.3) is 0 Å². The van der Waals surface area contributed by atoms with Crippen LogP contribution in [0.4, 0.5) is 0 Å². The van der Waals surface area contributed by atoms with Crippen LogP contribution in [0.2, 0.25) is 0 Å². The summed E-state index contributed by atoms with van der Waals surface area (Å²) in [7, 11) is 0. The molecule has 0 radical (unpaired) electrons. The van der Waals surface area contributed by atoms with E-state index >= 15 is 0 Å². The highest BCUT2D eigenvalue weighted by molar-refractivity contribution is 6.12. The molecule has 3 heteroatoms. The van der Waals surface area contributed by atoms with Crippen molar-refractivity contribution >= 4 is 27.3 Å². The summed E-state index contributed by atoms with van der Waals surface area (Å²) in [6.07, 6.45) is 2.77. The van der Waals surface area contributed by atoms with Gasteiger partial charge in [-0.15, -0.1) is 0 Å². The number of carbonyl (C=O) groups is 1. The molecule has 3 aromatic carbocycles. The molecule has 2 N–H and O–H groups in total. The molecule has 1 aliphatic rings. The lowest BCUT2D eigenvalue weighted by Crippen LogP contribution is -2.37. The number of hydrogen-bond donors (Lipinski definition) is 2. The van der Waals surface area contributed by atoms with Crippen molar-refractivity contribution in [2.24, 2.45) is 0 Å². The van der Waals surface area contributed by atoms with Crippen molar-refractivity contribution in [2.75, 3.05) is 6.61 Å². The molecular weight excluding hydrogens is 288 g/mol. The zero-order chi connectivity index (χ0) is 16.0. The van der Waals surface area contributed by atoms with Gasteiger partial charge in [0.05, 0.1) is 12.5 Å². The normalized spacial score (nSPS) is 23.9. The lowest BCUT2D eigenvalue weighted by Gasteiger charge is -2.27. The van der Waals surface area contributed by atoms with Gasteiger partial charge in [-0.2, -0.15) is 0 Å². The average molecular weight is 304 g/mol. The van der Waals surface area contributed by atoms with Gasteiger partial charge in [0, 0.05) is 0 Å². The minimum atomic E-state index is -1.54. The Labute approximate surface area is 133 Å². The minimum Gasteiger partial charge on any atom is -0.393 e. The number of aliphatic hydroxyl groups excluding tert-OH is 1. The van der Waals surface area contributed by atoms with Crippen molar-refractivity contribution in [3.8, 4) is 0 Å². The molecule has 0 amide bonds. The van der Waals surface area contributed by atoms with Gasteiger partial charge in [-0.1, -0.05) is 48.5 Å². The van der Waals surface area contributed by atoms with Gasteiger partial charge in [-0.25, -0.2) is 0 Å². The Morgan fingerprint density at radius 3 is 2.35 bits per heavy atom. The standard InChI is InChI=1S/C20H16O3/c21-12-20(23)10-9-18(22)19(20)17-11-13-5-1-2-6-14(13)15-7-3-4-8-16(15)17/h1-11,19,21,23H,12H2/t19?,20-/m1/s1. The molecule has 1 aliphatic carbocycles. The average Bonchev–Trinajstić information content (AvgIpc) is 2.90. The first-order chi connectivity index (χ1) is 11.1. The first kappa shape index (κ1) is 14.1. The Hall–Kier alpha value is -2.49. The SMILES string of the molecule is O=C1C=C[C@@](O)(CO)C1c1cc2ccccc2c2ccccc12. The van der Waals surface area contributed by atoms with Gasteiger partial charge in [-0.3, -0.25) is 4.79 Å². The second-order valence-electron chi connectivity index (χ2n) is 6.05. The summed E-state index contributed by atoms with van der Waals surface area (Å²) in [5.41, 5.74) is -0.784. The maximum absolute atomic E-state index is 12.4. The molecule has 0 heterocycles. The first-order valence-corrected chi connectivity index (χ1v) is 7.61. The highest BCUT2D eigenvalue weighted by Crippen LogP contribution is 2.41. The molecule has 0 saturated heterocycles. The van der Waals surface area contributed by atoms with Crippen LogP contribution in [0.1, 0.15) is 11.5 Å². The summed E-state index contributed by atoms with van der Waals surface area (Å²) in [5, 5.41) is 24.4. The molecule has 3 aromatic rings. The van der Waals surface area contributed by atoms with Crippen LogP contribution in [0.15, 0.2) is 66.7 Å². The van der Waals surface area contributed by atoms with E-state index in [-0.39, 0.29) is 5.78 Å². The molecule has 0 fully saturated rings. The van der Waals surface area contributed by atoms with E-state index in [1.165, 1.54) is 12.2 Å². The van der Waals surface area contributed by atoms with Crippen LogP contribution in [-0.2, 0) is 4.79 Å². The van der Waals surface area contributed by atoms with Gasteiger partial charge in [0.1, 0.15) is 5.60 Å². The van der Waals surface area contributed by atoms with E-state index in [0.717, 1.165) is 27.1 Å². The van der Waals surface area contributed by atoms with Crippen molar-refractivity contribution in [3.05, 3.63) is 72.3 Å². The third-order valence-electron chi connectivity index (χ3n) is 4.68. The number of aliphatic hydroxyl groups is 2. The number of fused-ring (bicyclic) bond motifs is 3. The van der Waals surface area contributed by atoms with E-state index in [1.807, 2.05) is 48.5 Å². The smallest absolute Gasteiger partial charge is 0.166 e. The second-order valence-corrected chi connectivity index (χ2v) is 6.05. The summed E-state index contributed by atoms with van der Waals surface area (Å²) in [6.45, 7) is -0.485. The first-order valence-electron chi connectivity index (χ1n) is 7.61. The van der Waals surface area contributed by atoms with Crippen molar-refractivity contribution in [1.29, 1.82) is 0 Å². The van der Waals surface area contributed by atoms with Gasteiger partial charge < -0.3 is 10.2 Å². The predicted molar refractivity (Wildman–Crippen MR) is 90.4 cm³/mol. The number of rotatable bonds is 2. The lowest BCUT2D eigenvalue weighted by molar-refractivity contribution is -0.119. The van der Waals surface area contributed by atoms with E-state index < -0.39 is 18.1 Å². The monoisotopic (exact) mass is 304 g/mol. The van der Waals surface area contributed by atoms with Crippen molar-refractivity contribution in [1.82, 2.24) is 0 Å².